The Bertz CT molecular complexity index is 929. The lowest BCUT2D eigenvalue weighted by molar-refractivity contribution is -0.919. The van der Waals surface area contributed by atoms with Crippen LogP contribution in [0.2, 0.25) is 0 Å². The summed E-state index contributed by atoms with van der Waals surface area (Å²) >= 11 is 0. The first-order chi connectivity index (χ1) is 17.1. The Morgan fingerprint density at radius 3 is 1.83 bits per heavy atom. The maximum absolute atomic E-state index is 11.2. The number of quaternary nitrogens is 1. The number of aliphatic hydroxyl groups is 1. The van der Waals surface area contributed by atoms with Crippen LogP contribution >= 0.6 is 0 Å². The summed E-state index contributed by atoms with van der Waals surface area (Å²) in [7, 11) is -0.0525. The molecule has 0 aromatic heterocycles. The van der Waals surface area contributed by atoms with Gasteiger partial charge in [-0.3, -0.25) is 0 Å². The normalized spacial score (nSPS) is 12.6. The highest BCUT2D eigenvalue weighted by atomic mass is 32.2. The second-order valence-electron chi connectivity index (χ2n) is 10.3. The zero-order valence-electron chi connectivity index (χ0n) is 23.0. The fourth-order valence-electron chi connectivity index (χ4n) is 4.34. The third-order valence-electron chi connectivity index (χ3n) is 7.05. The summed E-state index contributed by atoms with van der Waals surface area (Å²) in [6, 6.07) is 17.4. The third kappa shape index (κ3) is 13.0. The van der Waals surface area contributed by atoms with E-state index in [4.69, 9.17) is 5.11 Å². The molecule has 1 N–H and O–H groups in total. The molecule has 5 nitrogen and oxygen atoms in total. The number of likely N-dealkylation sites (N-methyl/N-ethyl adjacent to an activating group) is 1. The van der Waals surface area contributed by atoms with Gasteiger partial charge in [-0.05, 0) is 31.4 Å². The van der Waals surface area contributed by atoms with Crippen molar-refractivity contribution < 1.29 is 22.6 Å². The highest BCUT2D eigenvalue weighted by Crippen LogP contribution is 2.23. The molecular formula is C30H49NO4S. The van der Waals surface area contributed by atoms with E-state index in [2.05, 4.69) is 52.2 Å². The first kappa shape index (κ1) is 32.3. The fourth-order valence-corrected chi connectivity index (χ4v) is 5.08. The summed E-state index contributed by atoms with van der Waals surface area (Å²) in [4.78, 5) is -0.0501. The summed E-state index contributed by atoms with van der Waals surface area (Å²) in [6.45, 7) is 5.46. The molecule has 0 bridgehead atoms. The van der Waals surface area contributed by atoms with Crippen molar-refractivity contribution in [2.24, 2.45) is 0 Å². The topological polar surface area (TPSA) is 77.4 Å². The molecule has 0 fully saturated rings. The van der Waals surface area contributed by atoms with E-state index in [1.54, 1.807) is 18.2 Å². The van der Waals surface area contributed by atoms with Crippen LogP contribution in [0.1, 0.15) is 95.2 Å². The minimum atomic E-state index is -4.35. The maximum Gasteiger partial charge on any atom is 0.124 e. The van der Waals surface area contributed by atoms with Crippen LogP contribution in [0.3, 0.4) is 0 Å². The van der Waals surface area contributed by atoms with Gasteiger partial charge in [-0.25, -0.2) is 8.42 Å². The molecule has 0 saturated carbocycles. The van der Waals surface area contributed by atoms with Gasteiger partial charge in [0.1, 0.15) is 22.7 Å². The zero-order valence-corrected chi connectivity index (χ0v) is 23.8. The van der Waals surface area contributed by atoms with Crippen molar-refractivity contribution in [3.63, 3.8) is 0 Å². The molecule has 36 heavy (non-hydrogen) atoms. The molecule has 0 aliphatic heterocycles. The minimum Gasteiger partial charge on any atom is -0.744 e. The van der Waals surface area contributed by atoms with Crippen LogP contribution in [0.4, 0.5) is 0 Å². The molecule has 0 heterocycles. The Morgan fingerprint density at radius 1 is 0.806 bits per heavy atom. The molecule has 6 heteroatoms. The average molecular weight is 520 g/mol. The van der Waals surface area contributed by atoms with Gasteiger partial charge in [0.15, 0.2) is 0 Å². The lowest BCUT2D eigenvalue weighted by atomic mass is 10.0. The number of benzene rings is 2. The Kier molecular flexibility index (Phi) is 15.9. The fraction of sp³-hybridized carbons (Fsp3) is 0.600. The van der Waals surface area contributed by atoms with Gasteiger partial charge in [0, 0.05) is 5.56 Å². The van der Waals surface area contributed by atoms with E-state index in [0.717, 1.165) is 23.9 Å². The second-order valence-corrected chi connectivity index (χ2v) is 11.7. The van der Waals surface area contributed by atoms with Crippen LogP contribution in [0.5, 0.6) is 0 Å². The molecule has 2 aromatic rings. The third-order valence-corrected chi connectivity index (χ3v) is 7.99. The highest BCUT2D eigenvalue weighted by molar-refractivity contribution is 7.85. The molecule has 1 atom stereocenters. The summed E-state index contributed by atoms with van der Waals surface area (Å²) in [5.74, 6) is 0. The Morgan fingerprint density at radius 2 is 1.31 bits per heavy atom. The molecule has 1 unspecified atom stereocenters. The van der Waals surface area contributed by atoms with Gasteiger partial charge in [0.05, 0.1) is 25.6 Å². The van der Waals surface area contributed by atoms with Crippen LogP contribution in [-0.2, 0) is 16.5 Å². The molecule has 204 valence electrons. The molecular weight excluding hydrogens is 470 g/mol. The van der Waals surface area contributed by atoms with Crippen LogP contribution in [0, 0.1) is 0 Å². The highest BCUT2D eigenvalue weighted by Gasteiger charge is 2.24. The maximum atomic E-state index is 11.2. The minimum absolute atomic E-state index is 0.0501. The molecule has 2 rings (SSSR count). The average Bonchev–Trinajstić information content (AvgIpc) is 2.85. The molecule has 0 aliphatic carbocycles. The van der Waals surface area contributed by atoms with Crippen molar-refractivity contribution in [3.8, 4) is 0 Å². The Labute approximate surface area is 220 Å². The van der Waals surface area contributed by atoms with Crippen molar-refractivity contribution in [1.82, 2.24) is 0 Å². The van der Waals surface area contributed by atoms with E-state index in [0.29, 0.717) is 18.0 Å². The predicted molar refractivity (Wildman–Crippen MR) is 149 cm³/mol. The largest absolute Gasteiger partial charge is 0.744 e. The van der Waals surface area contributed by atoms with E-state index in [1.165, 1.54) is 63.0 Å². The van der Waals surface area contributed by atoms with Crippen LogP contribution in [-0.4, -0.2) is 49.8 Å². The first-order valence-electron chi connectivity index (χ1n) is 13.7. The predicted octanol–water partition coefficient (Wildman–Crippen LogP) is 6.87. The van der Waals surface area contributed by atoms with Gasteiger partial charge in [-0.2, -0.15) is 0 Å². The summed E-state index contributed by atoms with van der Waals surface area (Å²) in [6.07, 6.45) is 13.2. The molecule has 0 spiro atoms. The molecule has 0 aliphatic rings. The van der Waals surface area contributed by atoms with E-state index >= 15 is 0 Å². The quantitative estimate of drug-likeness (QED) is 0.149. The van der Waals surface area contributed by atoms with Gasteiger partial charge >= 0.3 is 0 Å². The Hall–Kier alpha value is -1.73. The van der Waals surface area contributed by atoms with Crippen molar-refractivity contribution in [2.75, 3.05) is 27.2 Å². The summed E-state index contributed by atoms with van der Waals surface area (Å²) in [5.41, 5.74) is 1.99. The number of hydrogen-bond acceptors (Lipinski definition) is 4. The standard InChI is InChI=1S/C18H30O3S.C12H20NO/c1-2-3-4-5-6-7-8-9-10-11-14-17-15-12-13-16-18(17)22(19,20)21;1-11(13(2,3)9-10-14)12-7-5-4-6-8-12/h12-13,15-16H,2-11,14H2,1H3,(H,19,20,21);4-8,11,14H,9-10H2,1-3H3/q;+1/p-1. The number of hydrogen-bond donors (Lipinski definition) is 1. The van der Waals surface area contributed by atoms with Crippen molar-refractivity contribution in [1.29, 1.82) is 0 Å². The van der Waals surface area contributed by atoms with Crippen LogP contribution in [0.15, 0.2) is 59.5 Å². The lowest BCUT2D eigenvalue weighted by Gasteiger charge is -2.35. The Balaban J connectivity index is 0.000000397. The van der Waals surface area contributed by atoms with Gasteiger partial charge in [0.25, 0.3) is 0 Å². The van der Waals surface area contributed by atoms with Crippen molar-refractivity contribution in [2.45, 2.75) is 95.4 Å². The molecule has 0 radical (unpaired) electrons. The second kappa shape index (κ2) is 17.7. The zero-order chi connectivity index (χ0) is 26.9. The summed E-state index contributed by atoms with van der Waals surface area (Å²) in [5, 5.41) is 8.98. The smallest absolute Gasteiger partial charge is 0.124 e. The van der Waals surface area contributed by atoms with Gasteiger partial charge in [-0.1, -0.05) is 113 Å². The molecule has 0 amide bonds. The van der Waals surface area contributed by atoms with E-state index in [9.17, 15) is 13.0 Å². The number of aryl methyl sites for hydroxylation is 1. The summed E-state index contributed by atoms with van der Waals surface area (Å²) < 4.78 is 34.4. The first-order valence-corrected chi connectivity index (χ1v) is 15.1. The molecule has 0 saturated heterocycles. The van der Waals surface area contributed by atoms with Gasteiger partial charge < -0.3 is 14.1 Å². The SMILES string of the molecule is CC(c1ccccc1)[N+](C)(C)CCO.CCCCCCCCCCCCc1ccccc1S(=O)(=O)[O-]. The van der Waals surface area contributed by atoms with E-state index in [-0.39, 0.29) is 11.5 Å². The number of aliphatic hydroxyl groups excluding tert-OH is 1. The number of unbranched alkanes of at least 4 members (excludes halogenated alkanes) is 9. The lowest BCUT2D eigenvalue weighted by Crippen LogP contribution is -2.43. The van der Waals surface area contributed by atoms with Gasteiger partial charge in [0.2, 0.25) is 0 Å². The van der Waals surface area contributed by atoms with Crippen molar-refractivity contribution >= 4 is 10.1 Å². The van der Waals surface area contributed by atoms with E-state index < -0.39 is 10.1 Å². The van der Waals surface area contributed by atoms with Gasteiger partial charge in [-0.15, -0.1) is 0 Å². The number of rotatable bonds is 16. The van der Waals surface area contributed by atoms with E-state index in [1.807, 2.05) is 6.07 Å². The van der Waals surface area contributed by atoms with Crippen molar-refractivity contribution in [3.05, 3.63) is 65.7 Å². The molecule has 2 aromatic carbocycles. The monoisotopic (exact) mass is 519 g/mol. The van der Waals surface area contributed by atoms with Crippen LogP contribution in [0.25, 0.3) is 0 Å². The van der Waals surface area contributed by atoms with Crippen LogP contribution < -0.4 is 0 Å². The number of nitrogens with zero attached hydrogens (tertiary/aromatic N) is 1.